The average molecular weight is 303 g/mol. The lowest BCUT2D eigenvalue weighted by Gasteiger charge is -2.24. The third kappa shape index (κ3) is 3.50. The van der Waals surface area contributed by atoms with Gasteiger partial charge in [-0.1, -0.05) is 12.8 Å². The molecule has 0 bridgehead atoms. The number of nitrogens with zero attached hydrogens (tertiary/aromatic N) is 1. The molecular weight excluding hydrogens is 282 g/mol. The zero-order valence-electron chi connectivity index (χ0n) is 11.5. The second kappa shape index (κ2) is 6.11. The zero-order chi connectivity index (χ0) is 14.8. The Bertz CT molecular complexity index is 481. The molecule has 0 aromatic heterocycles. The van der Waals surface area contributed by atoms with Crippen LogP contribution in [0.5, 0.6) is 0 Å². The van der Waals surface area contributed by atoms with Gasteiger partial charge >= 0.3 is 5.97 Å². The molecule has 1 N–H and O–H groups in total. The monoisotopic (exact) mass is 303 g/mol. The molecule has 7 heteroatoms. The number of carboxylic acids is 1. The van der Waals surface area contributed by atoms with E-state index in [1.807, 2.05) is 0 Å². The van der Waals surface area contributed by atoms with Crippen molar-refractivity contribution >= 4 is 21.7 Å². The molecule has 0 radical (unpaired) electrons. The third-order valence-electron chi connectivity index (χ3n) is 4.24. The summed E-state index contributed by atoms with van der Waals surface area (Å²) in [4.78, 5) is 24.4. The van der Waals surface area contributed by atoms with E-state index in [0.717, 1.165) is 19.3 Å². The highest BCUT2D eigenvalue weighted by Crippen LogP contribution is 2.26. The van der Waals surface area contributed by atoms with Crippen molar-refractivity contribution in [3.05, 3.63) is 0 Å². The van der Waals surface area contributed by atoms with Crippen LogP contribution in [0.1, 0.15) is 44.9 Å². The molecule has 2 fully saturated rings. The summed E-state index contributed by atoms with van der Waals surface area (Å²) in [5.74, 6) is -1.85. The van der Waals surface area contributed by atoms with E-state index in [1.54, 1.807) is 0 Å². The lowest BCUT2D eigenvalue weighted by Crippen LogP contribution is -2.41. The van der Waals surface area contributed by atoms with Gasteiger partial charge in [-0.25, -0.2) is 8.42 Å². The maximum absolute atomic E-state index is 12.2. The van der Waals surface area contributed by atoms with Gasteiger partial charge in [-0.15, -0.1) is 0 Å². The van der Waals surface area contributed by atoms with E-state index in [9.17, 15) is 18.0 Å². The van der Waals surface area contributed by atoms with Gasteiger partial charge in [-0.3, -0.25) is 9.59 Å². The second-order valence-electron chi connectivity index (χ2n) is 5.69. The maximum Gasteiger partial charge on any atom is 0.305 e. The fraction of sp³-hybridized carbons (Fsp3) is 0.846. The molecule has 0 spiro atoms. The largest absolute Gasteiger partial charge is 0.481 e. The Balaban J connectivity index is 1.98. The Labute approximate surface area is 119 Å². The van der Waals surface area contributed by atoms with E-state index in [1.165, 1.54) is 4.90 Å². The Hall–Kier alpha value is -1.11. The van der Waals surface area contributed by atoms with E-state index in [0.29, 0.717) is 25.8 Å². The highest BCUT2D eigenvalue weighted by molar-refractivity contribution is 7.92. The van der Waals surface area contributed by atoms with E-state index >= 15 is 0 Å². The molecule has 1 atom stereocenters. The first-order valence-corrected chi connectivity index (χ1v) is 8.84. The first-order valence-electron chi connectivity index (χ1n) is 7.13. The molecule has 1 heterocycles. The van der Waals surface area contributed by atoms with Crippen LogP contribution in [-0.4, -0.2) is 53.9 Å². The standard InChI is InChI=1S/C13H21NO5S/c15-12(9-20(18,19)11-5-1-2-6-11)14-7-3-4-10(14)8-13(16)17/h10-11H,1-9H2,(H,16,17). The SMILES string of the molecule is O=C(O)CC1CCCN1C(=O)CS(=O)(=O)C1CCCC1. The molecule has 1 unspecified atom stereocenters. The van der Waals surface area contributed by atoms with Gasteiger partial charge in [0.2, 0.25) is 5.91 Å². The molecule has 6 nitrogen and oxygen atoms in total. The van der Waals surface area contributed by atoms with Gasteiger partial charge in [0.15, 0.2) is 9.84 Å². The van der Waals surface area contributed by atoms with E-state index in [-0.39, 0.29) is 17.7 Å². The van der Waals surface area contributed by atoms with Crippen LogP contribution < -0.4 is 0 Å². The molecule has 1 saturated heterocycles. The first-order chi connectivity index (χ1) is 9.40. The smallest absolute Gasteiger partial charge is 0.305 e. The van der Waals surface area contributed by atoms with Crippen LogP contribution in [0.25, 0.3) is 0 Å². The van der Waals surface area contributed by atoms with Crippen LogP contribution in [0.2, 0.25) is 0 Å². The predicted octanol–water partition coefficient (Wildman–Crippen LogP) is 0.809. The lowest BCUT2D eigenvalue weighted by atomic mass is 10.1. The van der Waals surface area contributed by atoms with Crippen molar-refractivity contribution < 1.29 is 23.1 Å². The highest BCUT2D eigenvalue weighted by Gasteiger charge is 2.36. The van der Waals surface area contributed by atoms with E-state index < -0.39 is 27.5 Å². The Morgan fingerprint density at radius 3 is 2.35 bits per heavy atom. The lowest BCUT2D eigenvalue weighted by molar-refractivity contribution is -0.139. The van der Waals surface area contributed by atoms with E-state index in [4.69, 9.17) is 5.11 Å². The van der Waals surface area contributed by atoms with E-state index in [2.05, 4.69) is 0 Å². The first kappa shape index (κ1) is 15.3. The van der Waals surface area contributed by atoms with Crippen molar-refractivity contribution in [2.45, 2.75) is 56.2 Å². The van der Waals surface area contributed by atoms with Gasteiger partial charge in [-0.2, -0.15) is 0 Å². The van der Waals surface area contributed by atoms with Crippen LogP contribution >= 0.6 is 0 Å². The summed E-state index contributed by atoms with van der Waals surface area (Å²) < 4.78 is 24.3. The molecule has 0 aromatic carbocycles. The molecule has 1 aliphatic heterocycles. The predicted molar refractivity (Wildman–Crippen MR) is 73.0 cm³/mol. The number of carbonyl (C=O) groups excluding carboxylic acids is 1. The van der Waals surface area contributed by atoms with Crippen LogP contribution in [0.15, 0.2) is 0 Å². The minimum Gasteiger partial charge on any atom is -0.481 e. The molecule has 114 valence electrons. The minimum absolute atomic E-state index is 0.102. The van der Waals surface area contributed by atoms with Crippen LogP contribution in [0, 0.1) is 0 Å². The Morgan fingerprint density at radius 1 is 1.10 bits per heavy atom. The van der Waals surface area contributed by atoms with Gasteiger partial charge in [0.05, 0.1) is 11.7 Å². The van der Waals surface area contributed by atoms with Gasteiger partial charge in [-0.05, 0) is 25.7 Å². The topological polar surface area (TPSA) is 91.8 Å². The minimum atomic E-state index is -3.39. The van der Waals surface area contributed by atoms with Gasteiger partial charge in [0, 0.05) is 12.6 Å². The number of likely N-dealkylation sites (tertiary alicyclic amines) is 1. The number of carboxylic acid groups (broad SMARTS) is 1. The van der Waals surface area contributed by atoms with Crippen molar-refractivity contribution in [2.75, 3.05) is 12.3 Å². The Kier molecular flexibility index (Phi) is 4.67. The van der Waals surface area contributed by atoms with Crippen LogP contribution in [-0.2, 0) is 19.4 Å². The van der Waals surface area contributed by atoms with Crippen molar-refractivity contribution in [3.8, 4) is 0 Å². The number of rotatable bonds is 5. The van der Waals surface area contributed by atoms with Gasteiger partial charge < -0.3 is 10.0 Å². The molecule has 1 aliphatic carbocycles. The molecule has 2 aliphatic rings. The summed E-state index contributed by atoms with van der Waals surface area (Å²) in [5.41, 5.74) is 0. The fourth-order valence-electron chi connectivity index (χ4n) is 3.20. The van der Waals surface area contributed by atoms with Crippen molar-refractivity contribution in [1.82, 2.24) is 4.90 Å². The van der Waals surface area contributed by atoms with Crippen molar-refractivity contribution in [2.24, 2.45) is 0 Å². The number of sulfone groups is 1. The summed E-state index contributed by atoms with van der Waals surface area (Å²) in [7, 11) is -3.39. The van der Waals surface area contributed by atoms with Crippen molar-refractivity contribution in [1.29, 1.82) is 0 Å². The van der Waals surface area contributed by atoms with Gasteiger partial charge in [0.25, 0.3) is 0 Å². The third-order valence-corrected chi connectivity index (χ3v) is 6.38. The quantitative estimate of drug-likeness (QED) is 0.811. The summed E-state index contributed by atoms with van der Waals surface area (Å²) >= 11 is 0. The summed E-state index contributed by atoms with van der Waals surface area (Å²) in [6, 6.07) is -0.348. The molecular formula is C13H21NO5S. The highest BCUT2D eigenvalue weighted by atomic mass is 32.2. The summed E-state index contributed by atoms with van der Waals surface area (Å²) in [6.45, 7) is 0.469. The molecule has 1 saturated carbocycles. The van der Waals surface area contributed by atoms with Crippen molar-refractivity contribution in [3.63, 3.8) is 0 Å². The molecule has 20 heavy (non-hydrogen) atoms. The Morgan fingerprint density at radius 2 is 1.75 bits per heavy atom. The normalized spacial score (nSPS) is 24.2. The molecule has 0 aromatic rings. The maximum atomic E-state index is 12.2. The summed E-state index contributed by atoms with van der Waals surface area (Å²) in [5, 5.41) is 8.44. The van der Waals surface area contributed by atoms with Gasteiger partial charge in [0.1, 0.15) is 5.75 Å². The van der Waals surface area contributed by atoms with Crippen LogP contribution in [0.3, 0.4) is 0 Å². The number of hydrogen-bond acceptors (Lipinski definition) is 4. The fourth-order valence-corrected chi connectivity index (χ4v) is 5.00. The number of aliphatic carboxylic acids is 1. The molecule has 1 amide bonds. The van der Waals surface area contributed by atoms with Crippen LogP contribution in [0.4, 0.5) is 0 Å². The number of hydrogen-bond donors (Lipinski definition) is 1. The summed E-state index contributed by atoms with van der Waals surface area (Å²) in [6.07, 6.45) is 4.39. The number of carbonyl (C=O) groups is 2. The number of amides is 1. The average Bonchev–Trinajstić information content (AvgIpc) is 2.97. The zero-order valence-corrected chi connectivity index (χ0v) is 12.3. The second-order valence-corrected chi connectivity index (χ2v) is 7.98. The molecule has 2 rings (SSSR count).